The number of ether oxygens (including phenoxy) is 1. The first-order valence-electron chi connectivity index (χ1n) is 8.26. The zero-order valence-electron chi connectivity index (χ0n) is 14.2. The van der Waals surface area contributed by atoms with Crippen molar-refractivity contribution in [2.24, 2.45) is 0 Å². The molecule has 0 saturated carbocycles. The SMILES string of the molecule is Cc1n[nH]c(C)c1CCCN(C)c1cc([C@H]2CCOC2)ncn1. The lowest BCUT2D eigenvalue weighted by Gasteiger charge is -2.19. The molecule has 2 aromatic rings. The van der Waals surface area contributed by atoms with Crippen LogP contribution in [-0.2, 0) is 11.2 Å². The molecule has 1 N–H and O–H groups in total. The summed E-state index contributed by atoms with van der Waals surface area (Å²) >= 11 is 0. The summed E-state index contributed by atoms with van der Waals surface area (Å²) < 4.78 is 5.46. The zero-order chi connectivity index (χ0) is 16.2. The van der Waals surface area contributed by atoms with Gasteiger partial charge in [-0.15, -0.1) is 0 Å². The summed E-state index contributed by atoms with van der Waals surface area (Å²) in [5.41, 5.74) is 4.72. The molecule has 0 unspecified atom stereocenters. The lowest BCUT2D eigenvalue weighted by atomic mass is 10.0. The van der Waals surface area contributed by atoms with Crippen molar-refractivity contribution < 1.29 is 4.74 Å². The van der Waals surface area contributed by atoms with Crippen molar-refractivity contribution in [3.8, 4) is 0 Å². The number of anilines is 1. The highest BCUT2D eigenvalue weighted by atomic mass is 16.5. The van der Waals surface area contributed by atoms with E-state index in [4.69, 9.17) is 4.74 Å². The standard InChI is InChI=1S/C17H25N5O/c1-12-15(13(2)21-20-12)5-4-7-22(3)17-9-16(18-11-19-17)14-6-8-23-10-14/h9,11,14H,4-8,10H2,1-3H3,(H,20,21)/t14-/m0/s1. The first-order chi connectivity index (χ1) is 11.1. The van der Waals surface area contributed by atoms with E-state index in [1.54, 1.807) is 6.33 Å². The van der Waals surface area contributed by atoms with Crippen molar-refractivity contribution in [3.63, 3.8) is 0 Å². The van der Waals surface area contributed by atoms with Crippen LogP contribution in [-0.4, -0.2) is 47.0 Å². The number of hydrogen-bond donors (Lipinski definition) is 1. The van der Waals surface area contributed by atoms with Crippen LogP contribution in [0.3, 0.4) is 0 Å². The molecular formula is C17H25N5O. The summed E-state index contributed by atoms with van der Waals surface area (Å²) in [6.07, 6.45) is 4.83. The number of rotatable bonds is 6. The van der Waals surface area contributed by atoms with E-state index in [0.29, 0.717) is 5.92 Å². The van der Waals surface area contributed by atoms with E-state index in [9.17, 15) is 0 Å². The maximum Gasteiger partial charge on any atom is 0.131 e. The molecule has 1 saturated heterocycles. The third-order valence-corrected chi connectivity index (χ3v) is 4.61. The number of hydrogen-bond acceptors (Lipinski definition) is 5. The van der Waals surface area contributed by atoms with E-state index in [2.05, 4.69) is 52.0 Å². The Hall–Kier alpha value is -1.95. The first-order valence-corrected chi connectivity index (χ1v) is 8.26. The Balaban J connectivity index is 1.57. The highest BCUT2D eigenvalue weighted by Crippen LogP contribution is 2.25. The molecule has 1 aliphatic rings. The van der Waals surface area contributed by atoms with Crippen molar-refractivity contribution in [1.29, 1.82) is 0 Å². The summed E-state index contributed by atoms with van der Waals surface area (Å²) in [6, 6.07) is 2.10. The number of aryl methyl sites for hydroxylation is 2. The van der Waals surface area contributed by atoms with Crippen LogP contribution in [0, 0.1) is 13.8 Å². The molecule has 0 radical (unpaired) electrons. The van der Waals surface area contributed by atoms with Crippen molar-refractivity contribution in [1.82, 2.24) is 20.2 Å². The van der Waals surface area contributed by atoms with Crippen LogP contribution >= 0.6 is 0 Å². The molecule has 1 fully saturated rings. The van der Waals surface area contributed by atoms with Gasteiger partial charge in [-0.3, -0.25) is 5.10 Å². The number of aromatic amines is 1. The van der Waals surface area contributed by atoms with Gasteiger partial charge in [0, 0.05) is 37.9 Å². The minimum atomic E-state index is 0.418. The quantitative estimate of drug-likeness (QED) is 0.886. The molecule has 0 amide bonds. The predicted octanol–water partition coefficient (Wildman–Crippen LogP) is 2.39. The molecule has 124 valence electrons. The second kappa shape index (κ2) is 7.08. The van der Waals surface area contributed by atoms with Gasteiger partial charge in [0.05, 0.1) is 18.0 Å². The summed E-state index contributed by atoms with van der Waals surface area (Å²) in [6.45, 7) is 6.71. The Kier molecular flexibility index (Phi) is 4.91. The Labute approximate surface area is 137 Å². The molecule has 23 heavy (non-hydrogen) atoms. The van der Waals surface area contributed by atoms with Gasteiger partial charge in [0.1, 0.15) is 12.1 Å². The molecule has 0 aromatic carbocycles. The van der Waals surface area contributed by atoms with E-state index in [1.165, 1.54) is 11.3 Å². The van der Waals surface area contributed by atoms with Crippen molar-refractivity contribution >= 4 is 5.82 Å². The summed E-state index contributed by atoms with van der Waals surface area (Å²) in [4.78, 5) is 11.0. The largest absolute Gasteiger partial charge is 0.381 e. The topological polar surface area (TPSA) is 66.9 Å². The highest BCUT2D eigenvalue weighted by Gasteiger charge is 2.20. The Morgan fingerprint density at radius 2 is 2.22 bits per heavy atom. The Bertz CT molecular complexity index is 629. The average molecular weight is 315 g/mol. The third kappa shape index (κ3) is 3.69. The first kappa shape index (κ1) is 15.9. The fraction of sp³-hybridized carbons (Fsp3) is 0.588. The predicted molar refractivity (Wildman–Crippen MR) is 89.9 cm³/mol. The van der Waals surface area contributed by atoms with Gasteiger partial charge in [-0.25, -0.2) is 9.97 Å². The fourth-order valence-corrected chi connectivity index (χ4v) is 3.11. The number of aromatic nitrogens is 4. The van der Waals surface area contributed by atoms with Crippen molar-refractivity contribution in [3.05, 3.63) is 35.0 Å². The number of nitrogens with one attached hydrogen (secondary N) is 1. The molecule has 3 heterocycles. The normalized spacial score (nSPS) is 17.6. The van der Waals surface area contributed by atoms with Crippen LogP contribution in [0.5, 0.6) is 0 Å². The summed E-state index contributed by atoms with van der Waals surface area (Å²) in [7, 11) is 2.09. The van der Waals surface area contributed by atoms with Gasteiger partial charge in [0.15, 0.2) is 0 Å². The van der Waals surface area contributed by atoms with Gasteiger partial charge in [0.25, 0.3) is 0 Å². The zero-order valence-corrected chi connectivity index (χ0v) is 14.2. The van der Waals surface area contributed by atoms with Crippen LogP contribution < -0.4 is 4.90 Å². The summed E-state index contributed by atoms with van der Waals surface area (Å²) in [5, 5.41) is 7.31. The molecule has 0 spiro atoms. The molecule has 0 bridgehead atoms. The minimum absolute atomic E-state index is 0.418. The second-order valence-corrected chi connectivity index (χ2v) is 6.30. The lowest BCUT2D eigenvalue weighted by Crippen LogP contribution is -2.21. The van der Waals surface area contributed by atoms with E-state index in [-0.39, 0.29) is 0 Å². The smallest absolute Gasteiger partial charge is 0.131 e. The van der Waals surface area contributed by atoms with E-state index in [1.807, 2.05) is 0 Å². The van der Waals surface area contributed by atoms with Crippen LogP contribution in [0.1, 0.15) is 41.4 Å². The van der Waals surface area contributed by atoms with Crippen molar-refractivity contribution in [2.75, 3.05) is 31.7 Å². The monoisotopic (exact) mass is 315 g/mol. The van der Waals surface area contributed by atoms with Gasteiger partial charge in [-0.2, -0.15) is 5.10 Å². The maximum atomic E-state index is 5.46. The summed E-state index contributed by atoms with van der Waals surface area (Å²) in [5.74, 6) is 1.41. The van der Waals surface area contributed by atoms with Crippen LogP contribution in [0.2, 0.25) is 0 Å². The average Bonchev–Trinajstić information content (AvgIpc) is 3.20. The second-order valence-electron chi connectivity index (χ2n) is 6.30. The van der Waals surface area contributed by atoms with Gasteiger partial charge >= 0.3 is 0 Å². The van der Waals surface area contributed by atoms with Gasteiger partial charge < -0.3 is 9.64 Å². The van der Waals surface area contributed by atoms with Crippen LogP contribution in [0.4, 0.5) is 5.82 Å². The number of nitrogens with zero attached hydrogens (tertiary/aromatic N) is 4. The lowest BCUT2D eigenvalue weighted by molar-refractivity contribution is 0.193. The van der Waals surface area contributed by atoms with Gasteiger partial charge in [-0.1, -0.05) is 0 Å². The van der Waals surface area contributed by atoms with E-state index in [0.717, 1.165) is 56.2 Å². The van der Waals surface area contributed by atoms with Gasteiger partial charge in [-0.05, 0) is 38.7 Å². The minimum Gasteiger partial charge on any atom is -0.381 e. The fourth-order valence-electron chi connectivity index (χ4n) is 3.11. The molecule has 0 aliphatic carbocycles. The van der Waals surface area contributed by atoms with Gasteiger partial charge in [0.2, 0.25) is 0 Å². The molecule has 2 aromatic heterocycles. The number of H-pyrrole nitrogens is 1. The van der Waals surface area contributed by atoms with E-state index < -0.39 is 0 Å². The molecular weight excluding hydrogens is 290 g/mol. The molecule has 1 atom stereocenters. The van der Waals surface area contributed by atoms with E-state index >= 15 is 0 Å². The third-order valence-electron chi connectivity index (χ3n) is 4.61. The van der Waals surface area contributed by atoms with Crippen molar-refractivity contribution in [2.45, 2.75) is 39.0 Å². The molecule has 6 heteroatoms. The van der Waals surface area contributed by atoms with Crippen LogP contribution in [0.15, 0.2) is 12.4 Å². The Morgan fingerprint density at radius 1 is 1.35 bits per heavy atom. The Morgan fingerprint density at radius 3 is 2.91 bits per heavy atom. The maximum absolute atomic E-state index is 5.46. The molecule has 3 rings (SSSR count). The highest BCUT2D eigenvalue weighted by molar-refractivity contribution is 5.38. The molecule has 1 aliphatic heterocycles. The van der Waals surface area contributed by atoms with Crippen LogP contribution in [0.25, 0.3) is 0 Å². The molecule has 6 nitrogen and oxygen atoms in total.